The average molecular weight is 277 g/mol. The molecule has 3 heteroatoms. The second-order valence-corrected chi connectivity index (χ2v) is 5.65. The molecule has 19 heavy (non-hydrogen) atoms. The Morgan fingerprint density at radius 3 is 2.74 bits per heavy atom. The third-order valence-electron chi connectivity index (χ3n) is 3.60. The van der Waals surface area contributed by atoms with Crippen LogP contribution in [0.4, 0.5) is 0 Å². The predicted molar refractivity (Wildman–Crippen MR) is 82.5 cm³/mol. The molecule has 1 aromatic heterocycles. The molecule has 2 aromatic rings. The van der Waals surface area contributed by atoms with Gasteiger partial charge in [-0.15, -0.1) is 0 Å². The predicted octanol–water partition coefficient (Wildman–Crippen LogP) is 4.41. The molecule has 2 rings (SSSR count). The molecule has 1 heterocycles. The van der Waals surface area contributed by atoms with E-state index in [-0.39, 0.29) is 0 Å². The summed E-state index contributed by atoms with van der Waals surface area (Å²) in [6.45, 7) is 7.55. The largest absolute Gasteiger partial charge is 0.310 e. The van der Waals surface area contributed by atoms with Gasteiger partial charge >= 0.3 is 0 Å². The van der Waals surface area contributed by atoms with Gasteiger partial charge in [0, 0.05) is 29.2 Å². The van der Waals surface area contributed by atoms with E-state index in [0.717, 1.165) is 28.9 Å². The number of aromatic nitrogens is 1. The van der Waals surface area contributed by atoms with Gasteiger partial charge < -0.3 is 5.32 Å². The van der Waals surface area contributed by atoms with E-state index in [0.29, 0.717) is 12.0 Å². The molecule has 0 aliphatic carbocycles. The Labute approximate surface area is 120 Å². The van der Waals surface area contributed by atoms with E-state index < -0.39 is 0 Å². The van der Waals surface area contributed by atoms with E-state index in [1.807, 2.05) is 24.4 Å². The molecule has 1 atom stereocenters. The zero-order chi connectivity index (χ0) is 13.8. The van der Waals surface area contributed by atoms with Crippen LogP contribution in [0, 0.1) is 5.92 Å². The first-order chi connectivity index (χ1) is 9.13. The highest BCUT2D eigenvalue weighted by Crippen LogP contribution is 2.24. The van der Waals surface area contributed by atoms with Crippen LogP contribution in [0.15, 0.2) is 30.5 Å². The van der Waals surface area contributed by atoms with Gasteiger partial charge in [0.25, 0.3) is 0 Å². The summed E-state index contributed by atoms with van der Waals surface area (Å²) in [4.78, 5) is 4.47. The van der Waals surface area contributed by atoms with Crippen LogP contribution in [0.25, 0.3) is 10.9 Å². The van der Waals surface area contributed by atoms with Crippen molar-refractivity contribution >= 4 is 22.5 Å². The van der Waals surface area contributed by atoms with Gasteiger partial charge in [-0.1, -0.05) is 38.4 Å². The third kappa shape index (κ3) is 3.26. The monoisotopic (exact) mass is 276 g/mol. The Morgan fingerprint density at radius 2 is 2.05 bits per heavy atom. The molecular formula is C16H21ClN2. The first-order valence-electron chi connectivity index (χ1n) is 6.89. The first-order valence-corrected chi connectivity index (χ1v) is 7.26. The average Bonchev–Trinajstić information content (AvgIpc) is 2.42. The van der Waals surface area contributed by atoms with Crippen LogP contribution in [-0.4, -0.2) is 11.0 Å². The fourth-order valence-electron chi connectivity index (χ4n) is 2.43. The van der Waals surface area contributed by atoms with Crippen molar-refractivity contribution in [3.05, 3.63) is 41.0 Å². The Balaban J connectivity index is 2.24. The maximum atomic E-state index is 6.21. The van der Waals surface area contributed by atoms with Crippen molar-refractivity contribution in [2.45, 2.75) is 39.8 Å². The highest BCUT2D eigenvalue weighted by atomic mass is 35.5. The molecule has 1 N–H and O–H groups in total. The lowest BCUT2D eigenvalue weighted by atomic mass is 10.0. The van der Waals surface area contributed by atoms with Crippen molar-refractivity contribution < 1.29 is 0 Å². The van der Waals surface area contributed by atoms with Gasteiger partial charge in [-0.05, 0) is 36.1 Å². The summed E-state index contributed by atoms with van der Waals surface area (Å²) in [6.07, 6.45) is 2.96. The summed E-state index contributed by atoms with van der Waals surface area (Å²) in [5.74, 6) is 0.636. The quantitative estimate of drug-likeness (QED) is 0.875. The van der Waals surface area contributed by atoms with Gasteiger partial charge in [0.15, 0.2) is 0 Å². The molecule has 0 aliphatic heterocycles. The van der Waals surface area contributed by atoms with Crippen LogP contribution < -0.4 is 5.32 Å². The van der Waals surface area contributed by atoms with Gasteiger partial charge in [-0.25, -0.2) is 0 Å². The van der Waals surface area contributed by atoms with Crippen molar-refractivity contribution in [3.8, 4) is 0 Å². The second kappa shape index (κ2) is 6.36. The Hall–Kier alpha value is -1.12. The number of fused-ring (bicyclic) bond motifs is 1. The number of hydrogen-bond donors (Lipinski definition) is 1. The van der Waals surface area contributed by atoms with Crippen molar-refractivity contribution in [1.82, 2.24) is 10.3 Å². The van der Waals surface area contributed by atoms with Gasteiger partial charge in [0.1, 0.15) is 0 Å². The molecule has 0 aliphatic rings. The fourth-order valence-corrected chi connectivity index (χ4v) is 2.65. The molecule has 2 nitrogen and oxygen atoms in total. The lowest BCUT2D eigenvalue weighted by Gasteiger charge is -2.21. The zero-order valence-corrected chi connectivity index (χ0v) is 12.5. The Bertz CT molecular complexity index is 551. The molecule has 0 spiro atoms. The van der Waals surface area contributed by atoms with E-state index in [4.69, 9.17) is 11.6 Å². The first kappa shape index (κ1) is 14.3. The van der Waals surface area contributed by atoms with Gasteiger partial charge in [-0.3, -0.25) is 4.98 Å². The normalized spacial score (nSPS) is 13.1. The van der Waals surface area contributed by atoms with Crippen LogP contribution in [0.2, 0.25) is 5.02 Å². The molecule has 0 bridgehead atoms. The number of benzene rings is 1. The molecule has 0 saturated carbocycles. The maximum absolute atomic E-state index is 6.21. The van der Waals surface area contributed by atoms with Crippen LogP contribution in [0.5, 0.6) is 0 Å². The summed E-state index contributed by atoms with van der Waals surface area (Å²) in [7, 11) is 0. The van der Waals surface area contributed by atoms with Crippen molar-refractivity contribution in [2.75, 3.05) is 0 Å². The zero-order valence-electron chi connectivity index (χ0n) is 11.8. The minimum Gasteiger partial charge on any atom is -0.310 e. The second-order valence-electron chi connectivity index (χ2n) is 5.25. The summed E-state index contributed by atoms with van der Waals surface area (Å²) >= 11 is 6.21. The van der Waals surface area contributed by atoms with Crippen molar-refractivity contribution in [2.24, 2.45) is 5.92 Å². The minimum atomic E-state index is 0.537. The molecule has 0 saturated heterocycles. The number of nitrogens with one attached hydrogen (secondary N) is 1. The smallest absolute Gasteiger partial charge is 0.0761 e. The number of nitrogens with zero attached hydrogens (tertiary/aromatic N) is 1. The lowest BCUT2D eigenvalue weighted by Crippen LogP contribution is -2.32. The molecule has 0 radical (unpaired) electrons. The molecule has 1 unspecified atom stereocenters. The molecular weight excluding hydrogens is 256 g/mol. The van der Waals surface area contributed by atoms with Gasteiger partial charge in [0.2, 0.25) is 0 Å². The van der Waals surface area contributed by atoms with E-state index in [1.165, 1.54) is 5.56 Å². The van der Waals surface area contributed by atoms with Crippen molar-refractivity contribution in [1.29, 1.82) is 0 Å². The topological polar surface area (TPSA) is 24.9 Å². The van der Waals surface area contributed by atoms with Crippen molar-refractivity contribution in [3.63, 3.8) is 0 Å². The summed E-state index contributed by atoms with van der Waals surface area (Å²) in [5.41, 5.74) is 2.21. The number of hydrogen-bond acceptors (Lipinski definition) is 2. The van der Waals surface area contributed by atoms with E-state index in [9.17, 15) is 0 Å². The highest BCUT2D eigenvalue weighted by Gasteiger charge is 2.11. The van der Waals surface area contributed by atoms with Gasteiger partial charge in [-0.2, -0.15) is 0 Å². The molecule has 102 valence electrons. The minimum absolute atomic E-state index is 0.537. The standard InChI is InChI=1S/C16H21ClN2/c1-4-15(11(2)3)19-10-12-7-8-14(17)13-6-5-9-18-16(12)13/h5-9,11,15,19H,4,10H2,1-3H3. The van der Waals surface area contributed by atoms with Crippen LogP contribution in [0.1, 0.15) is 32.8 Å². The lowest BCUT2D eigenvalue weighted by molar-refractivity contribution is 0.388. The fraction of sp³-hybridized carbons (Fsp3) is 0.438. The molecule has 0 amide bonds. The van der Waals surface area contributed by atoms with Crippen LogP contribution in [0.3, 0.4) is 0 Å². The number of rotatable bonds is 5. The van der Waals surface area contributed by atoms with E-state index >= 15 is 0 Å². The van der Waals surface area contributed by atoms with E-state index in [2.05, 4.69) is 37.1 Å². The number of pyridine rings is 1. The molecule has 0 fully saturated rings. The Kier molecular flexibility index (Phi) is 4.78. The molecule has 1 aromatic carbocycles. The third-order valence-corrected chi connectivity index (χ3v) is 3.93. The Morgan fingerprint density at radius 1 is 1.26 bits per heavy atom. The number of halogens is 1. The summed E-state index contributed by atoms with van der Waals surface area (Å²) < 4.78 is 0. The van der Waals surface area contributed by atoms with Crippen LogP contribution >= 0.6 is 11.6 Å². The SMILES string of the molecule is CCC(NCc1ccc(Cl)c2cccnc12)C(C)C. The van der Waals surface area contributed by atoms with Crippen LogP contribution in [-0.2, 0) is 6.54 Å². The van der Waals surface area contributed by atoms with Gasteiger partial charge in [0.05, 0.1) is 5.52 Å². The highest BCUT2D eigenvalue weighted by molar-refractivity contribution is 6.35. The van der Waals surface area contributed by atoms with E-state index in [1.54, 1.807) is 0 Å². The summed E-state index contributed by atoms with van der Waals surface area (Å²) in [5, 5.41) is 5.41. The summed E-state index contributed by atoms with van der Waals surface area (Å²) in [6, 6.07) is 8.51. The maximum Gasteiger partial charge on any atom is 0.0761 e.